The molecule has 0 unspecified atom stereocenters. The van der Waals surface area contributed by atoms with Gasteiger partial charge in [0, 0.05) is 18.0 Å². The first-order valence-electron chi connectivity index (χ1n) is 10.8. The van der Waals surface area contributed by atoms with Gasteiger partial charge in [0.25, 0.3) is 0 Å². The Balaban J connectivity index is 1.74. The number of fused-ring (bicyclic) bond motifs is 1. The number of nitrogens with zero attached hydrogens (tertiary/aromatic N) is 1. The van der Waals surface area contributed by atoms with Gasteiger partial charge in [0.1, 0.15) is 17.2 Å². The fraction of sp³-hybridized carbons (Fsp3) is 0.222. The van der Waals surface area contributed by atoms with E-state index in [4.69, 9.17) is 9.47 Å². The standard InChI is InChI=1S/C27H27NO5/c1-16-5-10-22(11-6-16)33-26-18(3)28(24-14-21(29)9-12-23(24)26)15-20-8-7-17(2)25(13-20)32-19(4)27(30)31/h5-14,19,29H,15H2,1-4H3,(H,30,31)/t19-/m0/s1. The van der Waals surface area contributed by atoms with Crippen LogP contribution in [-0.4, -0.2) is 26.9 Å². The van der Waals surface area contributed by atoms with Crippen molar-refractivity contribution in [3.63, 3.8) is 0 Å². The highest BCUT2D eigenvalue weighted by Gasteiger charge is 2.18. The Morgan fingerprint density at radius 2 is 1.73 bits per heavy atom. The van der Waals surface area contributed by atoms with Crippen LogP contribution in [0.4, 0.5) is 0 Å². The molecule has 170 valence electrons. The number of benzene rings is 3. The SMILES string of the molecule is Cc1ccc(Oc2c(C)n(Cc3ccc(C)c(O[C@@H](C)C(=O)O)c3)c3cc(O)ccc23)cc1. The first-order chi connectivity index (χ1) is 15.7. The molecule has 33 heavy (non-hydrogen) atoms. The summed E-state index contributed by atoms with van der Waals surface area (Å²) in [7, 11) is 0. The molecule has 0 aliphatic heterocycles. The molecule has 0 aliphatic rings. The summed E-state index contributed by atoms with van der Waals surface area (Å²) in [5, 5.41) is 20.2. The number of rotatable bonds is 7. The maximum atomic E-state index is 11.2. The molecular weight excluding hydrogens is 418 g/mol. The number of phenolic OH excluding ortho intramolecular Hbond substituents is 1. The molecule has 0 spiro atoms. The van der Waals surface area contributed by atoms with Crippen molar-refractivity contribution < 1.29 is 24.5 Å². The third-order valence-corrected chi connectivity index (χ3v) is 5.74. The average Bonchev–Trinajstić information content (AvgIpc) is 3.02. The molecule has 4 rings (SSSR count). The van der Waals surface area contributed by atoms with E-state index in [9.17, 15) is 15.0 Å². The molecule has 1 aromatic heterocycles. The van der Waals surface area contributed by atoms with Gasteiger partial charge in [-0.15, -0.1) is 0 Å². The van der Waals surface area contributed by atoms with Crippen molar-refractivity contribution in [2.45, 2.75) is 40.3 Å². The van der Waals surface area contributed by atoms with Gasteiger partial charge in [-0.3, -0.25) is 0 Å². The average molecular weight is 446 g/mol. The van der Waals surface area contributed by atoms with Crippen molar-refractivity contribution in [2.24, 2.45) is 0 Å². The van der Waals surface area contributed by atoms with E-state index in [1.165, 1.54) is 6.92 Å². The normalized spacial score (nSPS) is 12.0. The summed E-state index contributed by atoms with van der Waals surface area (Å²) in [6, 6.07) is 18.9. The summed E-state index contributed by atoms with van der Waals surface area (Å²) in [5.41, 5.74) is 4.72. The lowest BCUT2D eigenvalue weighted by atomic mass is 10.1. The van der Waals surface area contributed by atoms with E-state index in [0.717, 1.165) is 44.8 Å². The summed E-state index contributed by atoms with van der Waals surface area (Å²) in [6.07, 6.45) is -0.945. The lowest BCUT2D eigenvalue weighted by molar-refractivity contribution is -0.144. The van der Waals surface area contributed by atoms with Gasteiger partial charge in [-0.05, 0) is 69.2 Å². The molecule has 1 heterocycles. The van der Waals surface area contributed by atoms with Crippen LogP contribution >= 0.6 is 0 Å². The molecule has 6 heteroatoms. The number of carbonyl (C=O) groups is 1. The van der Waals surface area contributed by atoms with Crippen LogP contribution < -0.4 is 9.47 Å². The second kappa shape index (κ2) is 8.90. The zero-order valence-electron chi connectivity index (χ0n) is 19.1. The van der Waals surface area contributed by atoms with Crippen LogP contribution in [0.5, 0.6) is 23.0 Å². The number of hydrogen-bond donors (Lipinski definition) is 2. The van der Waals surface area contributed by atoms with Crippen molar-refractivity contribution in [3.05, 3.63) is 83.0 Å². The van der Waals surface area contributed by atoms with Crippen LogP contribution in [0.15, 0.2) is 60.7 Å². The molecule has 2 N–H and O–H groups in total. The fourth-order valence-electron chi connectivity index (χ4n) is 3.78. The Kier molecular flexibility index (Phi) is 6.01. The number of ether oxygens (including phenoxy) is 2. The Bertz CT molecular complexity index is 1320. The number of hydrogen-bond acceptors (Lipinski definition) is 4. The smallest absolute Gasteiger partial charge is 0.344 e. The van der Waals surface area contributed by atoms with E-state index >= 15 is 0 Å². The van der Waals surface area contributed by atoms with Crippen molar-refractivity contribution in [3.8, 4) is 23.0 Å². The van der Waals surface area contributed by atoms with Gasteiger partial charge in [0.05, 0.1) is 11.2 Å². The third-order valence-electron chi connectivity index (χ3n) is 5.74. The lowest BCUT2D eigenvalue weighted by Crippen LogP contribution is -2.23. The zero-order valence-corrected chi connectivity index (χ0v) is 19.1. The third kappa shape index (κ3) is 4.65. The van der Waals surface area contributed by atoms with E-state index < -0.39 is 12.1 Å². The van der Waals surface area contributed by atoms with Crippen LogP contribution in [0.1, 0.15) is 29.3 Å². The summed E-state index contributed by atoms with van der Waals surface area (Å²) in [5.74, 6) is 1.17. The number of aromatic hydroxyl groups is 1. The van der Waals surface area contributed by atoms with E-state index in [1.54, 1.807) is 12.1 Å². The summed E-state index contributed by atoms with van der Waals surface area (Å²) < 4.78 is 14.0. The molecule has 4 aromatic rings. The second-order valence-corrected chi connectivity index (χ2v) is 8.32. The number of aryl methyl sites for hydroxylation is 2. The van der Waals surface area contributed by atoms with Crippen LogP contribution in [0.2, 0.25) is 0 Å². The summed E-state index contributed by atoms with van der Waals surface area (Å²) >= 11 is 0. The molecule has 0 fully saturated rings. The van der Waals surface area contributed by atoms with Crippen LogP contribution in [0.25, 0.3) is 10.9 Å². The predicted molar refractivity (Wildman–Crippen MR) is 128 cm³/mol. The Labute approximate surface area is 192 Å². The molecule has 1 atom stereocenters. The first-order valence-corrected chi connectivity index (χ1v) is 10.8. The molecule has 0 radical (unpaired) electrons. The van der Waals surface area contributed by atoms with Crippen molar-refractivity contribution in [2.75, 3.05) is 0 Å². The molecular formula is C27H27NO5. The highest BCUT2D eigenvalue weighted by molar-refractivity contribution is 5.90. The number of carboxylic acids is 1. The predicted octanol–water partition coefficient (Wildman–Crippen LogP) is 5.96. The molecule has 6 nitrogen and oxygen atoms in total. The number of aliphatic carboxylic acids is 1. The highest BCUT2D eigenvalue weighted by Crippen LogP contribution is 2.38. The highest BCUT2D eigenvalue weighted by atomic mass is 16.5. The van der Waals surface area contributed by atoms with Crippen molar-refractivity contribution in [1.29, 1.82) is 0 Å². The lowest BCUT2D eigenvalue weighted by Gasteiger charge is -2.15. The molecule has 0 amide bonds. The number of phenols is 1. The number of carboxylic acid groups (broad SMARTS) is 1. The molecule has 3 aromatic carbocycles. The van der Waals surface area contributed by atoms with E-state index in [2.05, 4.69) is 4.57 Å². The summed E-state index contributed by atoms with van der Waals surface area (Å²) in [4.78, 5) is 11.2. The van der Waals surface area contributed by atoms with Gasteiger partial charge in [-0.2, -0.15) is 0 Å². The Morgan fingerprint density at radius 1 is 1.00 bits per heavy atom. The summed E-state index contributed by atoms with van der Waals surface area (Å²) in [6.45, 7) is 7.91. The molecule has 0 saturated carbocycles. The quantitative estimate of drug-likeness (QED) is 0.367. The fourth-order valence-corrected chi connectivity index (χ4v) is 3.78. The van der Waals surface area contributed by atoms with Gasteiger partial charge < -0.3 is 24.3 Å². The molecule has 0 aliphatic carbocycles. The minimum Gasteiger partial charge on any atom is -0.508 e. The second-order valence-electron chi connectivity index (χ2n) is 8.32. The van der Waals surface area contributed by atoms with Crippen LogP contribution in [0, 0.1) is 20.8 Å². The van der Waals surface area contributed by atoms with Gasteiger partial charge in [0.15, 0.2) is 11.9 Å². The maximum Gasteiger partial charge on any atom is 0.344 e. The van der Waals surface area contributed by atoms with E-state index in [1.807, 2.05) is 69.3 Å². The Morgan fingerprint density at radius 3 is 2.42 bits per heavy atom. The van der Waals surface area contributed by atoms with Crippen LogP contribution in [0.3, 0.4) is 0 Å². The minimum absolute atomic E-state index is 0.173. The van der Waals surface area contributed by atoms with Gasteiger partial charge in [-0.1, -0.05) is 29.8 Å². The Hall–Kier alpha value is -3.93. The van der Waals surface area contributed by atoms with E-state index in [-0.39, 0.29) is 5.75 Å². The first kappa shape index (κ1) is 22.3. The van der Waals surface area contributed by atoms with Gasteiger partial charge in [0.2, 0.25) is 0 Å². The van der Waals surface area contributed by atoms with Crippen molar-refractivity contribution in [1.82, 2.24) is 4.57 Å². The topological polar surface area (TPSA) is 80.9 Å². The zero-order chi connectivity index (χ0) is 23.7. The molecule has 0 bridgehead atoms. The maximum absolute atomic E-state index is 11.2. The van der Waals surface area contributed by atoms with Crippen molar-refractivity contribution >= 4 is 16.9 Å². The largest absolute Gasteiger partial charge is 0.508 e. The molecule has 0 saturated heterocycles. The monoisotopic (exact) mass is 445 g/mol. The van der Waals surface area contributed by atoms with Gasteiger partial charge in [-0.25, -0.2) is 4.79 Å². The number of aromatic nitrogens is 1. The van der Waals surface area contributed by atoms with Crippen LogP contribution in [-0.2, 0) is 11.3 Å². The van der Waals surface area contributed by atoms with E-state index in [0.29, 0.717) is 12.3 Å². The minimum atomic E-state index is -1.01. The van der Waals surface area contributed by atoms with Gasteiger partial charge >= 0.3 is 5.97 Å².